The third-order valence-electron chi connectivity index (χ3n) is 2.29. The van der Waals surface area contributed by atoms with Gasteiger partial charge in [0.15, 0.2) is 0 Å². The predicted molar refractivity (Wildman–Crippen MR) is 64.0 cm³/mol. The quantitative estimate of drug-likeness (QED) is 0.842. The van der Waals surface area contributed by atoms with Crippen LogP contribution in [-0.4, -0.2) is 7.05 Å². The summed E-state index contributed by atoms with van der Waals surface area (Å²) < 4.78 is 0.941. The van der Waals surface area contributed by atoms with Gasteiger partial charge in [-0.25, -0.2) is 0 Å². The van der Waals surface area contributed by atoms with Gasteiger partial charge < -0.3 is 5.32 Å². The van der Waals surface area contributed by atoms with Crippen molar-refractivity contribution in [2.75, 3.05) is 12.4 Å². The van der Waals surface area contributed by atoms with Gasteiger partial charge >= 0.3 is 0 Å². The van der Waals surface area contributed by atoms with Crippen LogP contribution >= 0.6 is 15.9 Å². The summed E-state index contributed by atoms with van der Waals surface area (Å²) in [7, 11) is 1.64. The second-order valence-corrected chi connectivity index (χ2v) is 4.08. The average molecular weight is 266 g/mol. The van der Waals surface area contributed by atoms with E-state index in [1.54, 1.807) is 19.2 Å². The maximum atomic E-state index is 11.4. The molecule has 0 saturated carbocycles. The molecule has 0 aromatic heterocycles. The highest BCUT2D eigenvalue weighted by Gasteiger charge is 2.20. The number of nitrogens with one attached hydrogen (secondary N) is 1. The Morgan fingerprint density at radius 2 is 1.67 bits per heavy atom. The number of hydrogen-bond donors (Lipinski definition) is 1. The monoisotopic (exact) mass is 265 g/mol. The number of benzene rings is 1. The molecule has 3 nitrogen and oxygen atoms in total. The van der Waals surface area contributed by atoms with Gasteiger partial charge in [-0.05, 0) is 17.7 Å². The second-order valence-electron chi connectivity index (χ2n) is 3.17. The largest absolute Gasteiger partial charge is 0.384 e. The van der Waals surface area contributed by atoms with Crippen LogP contribution in [0.3, 0.4) is 0 Å². The molecule has 0 aliphatic carbocycles. The van der Waals surface area contributed by atoms with E-state index in [1.165, 1.54) is 0 Å². The van der Waals surface area contributed by atoms with E-state index in [1.807, 2.05) is 12.1 Å². The van der Waals surface area contributed by atoms with Gasteiger partial charge in [-0.3, -0.25) is 9.59 Å². The summed E-state index contributed by atoms with van der Waals surface area (Å²) in [6.45, 7) is 0. The van der Waals surface area contributed by atoms with Crippen molar-refractivity contribution in [3.63, 3.8) is 0 Å². The fourth-order valence-corrected chi connectivity index (χ4v) is 1.79. The van der Waals surface area contributed by atoms with E-state index in [-0.39, 0.29) is 0 Å². The van der Waals surface area contributed by atoms with Gasteiger partial charge in [0.2, 0.25) is 10.9 Å². The van der Waals surface area contributed by atoms with Crippen LogP contribution in [0.1, 0.15) is 0 Å². The van der Waals surface area contributed by atoms with E-state index in [2.05, 4.69) is 21.2 Å². The van der Waals surface area contributed by atoms with Gasteiger partial charge in [0.1, 0.15) is 0 Å². The first-order valence-electron chi connectivity index (χ1n) is 4.42. The highest BCUT2D eigenvalue weighted by molar-refractivity contribution is 9.10. The maximum Gasteiger partial charge on any atom is 0.250 e. The van der Waals surface area contributed by atoms with Crippen LogP contribution in [0.4, 0.5) is 5.69 Å². The normalized spacial score (nSPS) is 10.5. The van der Waals surface area contributed by atoms with Crippen LogP contribution in [0.25, 0.3) is 11.1 Å². The van der Waals surface area contributed by atoms with Gasteiger partial charge in [0, 0.05) is 11.5 Å². The van der Waals surface area contributed by atoms with Gasteiger partial charge in [-0.1, -0.05) is 28.1 Å². The van der Waals surface area contributed by atoms with Crippen molar-refractivity contribution in [3.8, 4) is 11.1 Å². The molecule has 0 amide bonds. The number of hydrogen-bond acceptors (Lipinski definition) is 3. The lowest BCUT2D eigenvalue weighted by atomic mass is 9.99. The van der Waals surface area contributed by atoms with Crippen molar-refractivity contribution < 1.29 is 0 Å². The lowest BCUT2D eigenvalue weighted by Gasteiger charge is -2.09. The van der Waals surface area contributed by atoms with Gasteiger partial charge in [-0.15, -0.1) is 0 Å². The second kappa shape index (κ2) is 3.62. The predicted octanol–water partition coefficient (Wildman–Crippen LogP) is 1.75. The van der Waals surface area contributed by atoms with E-state index < -0.39 is 10.9 Å². The Balaban J connectivity index is 2.56. The SMILES string of the molecule is CNc1c(-c2ccc(Br)cc2)c(=O)c1=O. The highest BCUT2D eigenvalue weighted by atomic mass is 79.9. The Bertz CT molecular complexity index is 565. The first-order chi connectivity index (χ1) is 7.15. The van der Waals surface area contributed by atoms with Crippen molar-refractivity contribution in [3.05, 3.63) is 49.2 Å². The van der Waals surface area contributed by atoms with E-state index in [4.69, 9.17) is 0 Å². The van der Waals surface area contributed by atoms with E-state index in [9.17, 15) is 9.59 Å². The van der Waals surface area contributed by atoms with Crippen LogP contribution in [0.15, 0.2) is 38.3 Å². The molecule has 0 unspecified atom stereocenters. The fourth-order valence-electron chi connectivity index (χ4n) is 1.52. The summed E-state index contributed by atoms with van der Waals surface area (Å²) in [4.78, 5) is 22.5. The van der Waals surface area contributed by atoms with Gasteiger partial charge in [0.05, 0.1) is 11.3 Å². The van der Waals surface area contributed by atoms with Gasteiger partial charge in [-0.2, -0.15) is 0 Å². The van der Waals surface area contributed by atoms with Crippen LogP contribution in [0.5, 0.6) is 0 Å². The summed E-state index contributed by atoms with van der Waals surface area (Å²) in [6, 6.07) is 7.29. The Kier molecular flexibility index (Phi) is 2.44. The molecule has 15 heavy (non-hydrogen) atoms. The van der Waals surface area contributed by atoms with Gasteiger partial charge in [0.25, 0.3) is 0 Å². The smallest absolute Gasteiger partial charge is 0.250 e. The molecule has 76 valence electrons. The van der Waals surface area contributed by atoms with Crippen LogP contribution in [-0.2, 0) is 0 Å². The number of rotatable bonds is 2. The topological polar surface area (TPSA) is 46.2 Å². The van der Waals surface area contributed by atoms with E-state index in [0.29, 0.717) is 11.3 Å². The summed E-state index contributed by atoms with van der Waals surface area (Å²) in [5.74, 6) is 0. The minimum absolute atomic E-state index is 0.405. The lowest BCUT2D eigenvalue weighted by molar-refractivity contribution is 1.35. The first-order valence-corrected chi connectivity index (χ1v) is 5.21. The zero-order valence-corrected chi connectivity index (χ0v) is 9.59. The molecule has 0 aliphatic heterocycles. The Morgan fingerprint density at radius 3 is 2.20 bits per heavy atom. The molecule has 0 heterocycles. The molecule has 0 fully saturated rings. The summed E-state index contributed by atoms with van der Waals surface area (Å²) in [6.07, 6.45) is 0. The van der Waals surface area contributed by atoms with Crippen molar-refractivity contribution in [1.82, 2.24) is 0 Å². The lowest BCUT2D eigenvalue weighted by Crippen LogP contribution is -2.35. The molecule has 2 aromatic carbocycles. The minimum Gasteiger partial charge on any atom is -0.384 e. The summed E-state index contributed by atoms with van der Waals surface area (Å²) >= 11 is 3.31. The first kappa shape index (κ1) is 10.1. The summed E-state index contributed by atoms with van der Waals surface area (Å²) in [5, 5.41) is 2.74. The van der Waals surface area contributed by atoms with Crippen LogP contribution in [0.2, 0.25) is 0 Å². The van der Waals surface area contributed by atoms with Crippen LogP contribution in [0, 0.1) is 0 Å². The average Bonchev–Trinajstić information content (AvgIpc) is 2.26. The molecule has 0 atom stereocenters. The molecule has 0 saturated heterocycles. The van der Waals surface area contributed by atoms with Crippen molar-refractivity contribution >= 4 is 21.6 Å². The Labute approximate surface area is 94.6 Å². The molecule has 0 bridgehead atoms. The zero-order chi connectivity index (χ0) is 11.0. The molecule has 0 radical (unpaired) electrons. The van der Waals surface area contributed by atoms with Crippen molar-refractivity contribution in [2.24, 2.45) is 0 Å². The standard InChI is InChI=1S/C11H8BrNO2/c1-13-9-8(10(14)11(9)15)6-2-4-7(12)5-3-6/h2-5,13H,1H3. The number of anilines is 1. The fraction of sp³-hybridized carbons (Fsp3) is 0.0909. The molecule has 2 aromatic rings. The molecule has 4 heteroatoms. The minimum atomic E-state index is -0.435. The Hall–Kier alpha value is -1.42. The number of halogens is 1. The molecule has 0 aliphatic rings. The molecular formula is C11H8BrNO2. The highest BCUT2D eigenvalue weighted by Crippen LogP contribution is 2.24. The summed E-state index contributed by atoms with van der Waals surface area (Å²) in [5.41, 5.74) is 0.807. The molecule has 1 N–H and O–H groups in total. The Morgan fingerprint density at radius 1 is 1.07 bits per heavy atom. The third-order valence-corrected chi connectivity index (χ3v) is 2.82. The maximum absolute atomic E-state index is 11.4. The van der Waals surface area contributed by atoms with E-state index >= 15 is 0 Å². The van der Waals surface area contributed by atoms with E-state index in [0.717, 1.165) is 10.0 Å². The van der Waals surface area contributed by atoms with Crippen molar-refractivity contribution in [2.45, 2.75) is 0 Å². The zero-order valence-electron chi connectivity index (χ0n) is 8.00. The van der Waals surface area contributed by atoms with Crippen molar-refractivity contribution in [1.29, 1.82) is 0 Å². The van der Waals surface area contributed by atoms with Crippen LogP contribution < -0.4 is 16.2 Å². The molecular weight excluding hydrogens is 258 g/mol. The third kappa shape index (κ3) is 1.51. The molecule has 0 spiro atoms. The molecule has 2 rings (SSSR count).